The molecule has 1 atom stereocenters. The fourth-order valence-electron chi connectivity index (χ4n) is 2.56. The van der Waals surface area contributed by atoms with Crippen LogP contribution in [-0.4, -0.2) is 61.3 Å². The van der Waals surface area contributed by atoms with E-state index in [1.54, 1.807) is 12.2 Å². The van der Waals surface area contributed by atoms with Crippen LogP contribution in [-0.2, 0) is 19.1 Å². The molecular formula is C22H35NO6. The first-order chi connectivity index (χ1) is 13.6. The van der Waals surface area contributed by atoms with Crippen molar-refractivity contribution in [3.05, 3.63) is 36.5 Å². The van der Waals surface area contributed by atoms with Gasteiger partial charge >= 0.3 is 11.9 Å². The predicted octanol–water partition coefficient (Wildman–Crippen LogP) is 2.23. The quantitative estimate of drug-likeness (QED) is 0.138. The van der Waals surface area contributed by atoms with E-state index in [1.165, 1.54) is 0 Å². The fraction of sp³-hybridized carbons (Fsp3) is 0.591. The monoisotopic (exact) mass is 409 g/mol. The molecule has 0 saturated carbocycles. The average Bonchev–Trinajstić information content (AvgIpc) is 2.56. The summed E-state index contributed by atoms with van der Waals surface area (Å²) in [7, 11) is 5.70. The van der Waals surface area contributed by atoms with Crippen molar-refractivity contribution in [2.24, 2.45) is 0 Å². The van der Waals surface area contributed by atoms with E-state index in [0.717, 1.165) is 25.7 Å². The van der Waals surface area contributed by atoms with Crippen LogP contribution in [0.15, 0.2) is 36.5 Å². The molecule has 0 aliphatic heterocycles. The SMILES string of the molecule is C[N+](C)(C)CC(CC(=O)[O-])OC(=O)C/C=C/C=C/CCCC/C=C/CCC(=O)O. The van der Waals surface area contributed by atoms with Gasteiger partial charge < -0.3 is 24.2 Å². The van der Waals surface area contributed by atoms with E-state index in [9.17, 15) is 19.5 Å². The molecule has 0 amide bonds. The van der Waals surface area contributed by atoms with Gasteiger partial charge in [-0.05, 0) is 32.1 Å². The molecular weight excluding hydrogens is 374 g/mol. The number of quaternary nitrogens is 1. The number of esters is 1. The minimum Gasteiger partial charge on any atom is -0.550 e. The highest BCUT2D eigenvalue weighted by atomic mass is 16.5. The van der Waals surface area contributed by atoms with Crippen LogP contribution >= 0.6 is 0 Å². The zero-order valence-electron chi connectivity index (χ0n) is 17.8. The number of nitrogens with zero attached hydrogens (tertiary/aromatic N) is 1. The first-order valence-electron chi connectivity index (χ1n) is 9.98. The Labute approximate surface area is 173 Å². The summed E-state index contributed by atoms with van der Waals surface area (Å²) in [6.45, 7) is 0.401. The topological polar surface area (TPSA) is 104 Å². The Morgan fingerprint density at radius 2 is 1.55 bits per heavy atom. The molecule has 0 aromatic heterocycles. The molecule has 0 fully saturated rings. The molecule has 0 aromatic carbocycles. The van der Waals surface area contributed by atoms with Crippen molar-refractivity contribution >= 4 is 17.9 Å². The molecule has 0 aromatic rings. The van der Waals surface area contributed by atoms with Gasteiger partial charge in [0, 0.05) is 18.8 Å². The van der Waals surface area contributed by atoms with Gasteiger partial charge in [-0.25, -0.2) is 0 Å². The Morgan fingerprint density at radius 3 is 2.14 bits per heavy atom. The Hall–Kier alpha value is -2.41. The largest absolute Gasteiger partial charge is 0.550 e. The number of carbonyl (C=O) groups excluding carboxylic acids is 2. The Balaban J connectivity index is 3.97. The minimum atomic E-state index is -1.23. The maximum Gasteiger partial charge on any atom is 0.310 e. The maximum absolute atomic E-state index is 11.9. The van der Waals surface area contributed by atoms with Crippen LogP contribution in [0, 0.1) is 0 Å². The number of rotatable bonds is 16. The molecule has 0 spiro atoms. The number of unbranched alkanes of at least 4 members (excludes halogenated alkanes) is 3. The number of carbonyl (C=O) groups is 3. The van der Waals surface area contributed by atoms with Crippen LogP contribution in [0.4, 0.5) is 0 Å². The molecule has 7 nitrogen and oxygen atoms in total. The van der Waals surface area contributed by atoms with Crippen molar-refractivity contribution < 1.29 is 33.8 Å². The minimum absolute atomic E-state index is 0.0895. The molecule has 0 heterocycles. The van der Waals surface area contributed by atoms with E-state index in [-0.39, 0.29) is 19.3 Å². The van der Waals surface area contributed by atoms with Crippen molar-refractivity contribution in [2.45, 2.75) is 57.5 Å². The lowest BCUT2D eigenvalue weighted by Gasteiger charge is -2.29. The normalized spacial score (nSPS) is 13.3. The van der Waals surface area contributed by atoms with E-state index in [1.807, 2.05) is 45.4 Å². The molecule has 0 aliphatic rings. The number of ether oxygens (including phenoxy) is 1. The molecule has 0 bridgehead atoms. The number of carboxylic acid groups (broad SMARTS) is 2. The number of carboxylic acids is 2. The van der Waals surface area contributed by atoms with Crippen molar-refractivity contribution in [1.82, 2.24) is 0 Å². The summed E-state index contributed by atoms with van der Waals surface area (Å²) >= 11 is 0. The van der Waals surface area contributed by atoms with Gasteiger partial charge in [-0.2, -0.15) is 0 Å². The van der Waals surface area contributed by atoms with Gasteiger partial charge in [-0.3, -0.25) is 9.59 Å². The van der Waals surface area contributed by atoms with Crippen LogP contribution in [0.5, 0.6) is 0 Å². The summed E-state index contributed by atoms with van der Waals surface area (Å²) in [5.74, 6) is -2.46. The summed E-state index contributed by atoms with van der Waals surface area (Å²) in [4.78, 5) is 33.1. The van der Waals surface area contributed by atoms with Crippen molar-refractivity contribution in [2.75, 3.05) is 27.7 Å². The fourth-order valence-corrected chi connectivity index (χ4v) is 2.56. The standard InChI is InChI=1S/C22H35NO6/c1-23(2,3)18-19(17-21(26)27)29-22(28)16-14-12-10-8-6-4-5-7-9-11-13-15-20(24)25/h8-12,14,19H,4-7,13,15-18H2,1-3H3,(H-,24,25,26,27)/b10-8+,11-9+,14-12+. The van der Waals surface area contributed by atoms with Gasteiger partial charge in [0.25, 0.3) is 0 Å². The lowest BCUT2D eigenvalue weighted by molar-refractivity contribution is -0.873. The second-order valence-electron chi connectivity index (χ2n) is 7.91. The number of aliphatic carboxylic acids is 2. The molecule has 1 unspecified atom stereocenters. The second-order valence-corrected chi connectivity index (χ2v) is 7.91. The van der Waals surface area contributed by atoms with Crippen LogP contribution in [0.25, 0.3) is 0 Å². The summed E-state index contributed by atoms with van der Waals surface area (Å²) in [5, 5.41) is 19.3. The zero-order chi connectivity index (χ0) is 22.1. The third-order valence-corrected chi connectivity index (χ3v) is 3.79. The number of likely N-dealkylation sites (N-methyl/N-ethyl adjacent to an activating group) is 1. The highest BCUT2D eigenvalue weighted by Crippen LogP contribution is 2.07. The van der Waals surface area contributed by atoms with Gasteiger partial charge in [0.15, 0.2) is 6.10 Å². The van der Waals surface area contributed by atoms with Crippen molar-refractivity contribution in [3.8, 4) is 0 Å². The third kappa shape index (κ3) is 20.1. The van der Waals surface area contributed by atoms with Gasteiger partial charge in [0.1, 0.15) is 6.54 Å². The Kier molecular flexibility index (Phi) is 14.2. The second kappa shape index (κ2) is 15.5. The molecule has 0 rings (SSSR count). The highest BCUT2D eigenvalue weighted by Gasteiger charge is 2.21. The lowest BCUT2D eigenvalue weighted by atomic mass is 10.1. The Morgan fingerprint density at radius 1 is 0.966 bits per heavy atom. The Bertz CT molecular complexity index is 587. The summed E-state index contributed by atoms with van der Waals surface area (Å²) in [6, 6.07) is 0. The van der Waals surface area contributed by atoms with E-state index in [0.29, 0.717) is 17.4 Å². The third-order valence-electron chi connectivity index (χ3n) is 3.79. The van der Waals surface area contributed by atoms with Gasteiger partial charge in [-0.15, -0.1) is 0 Å². The number of allylic oxidation sites excluding steroid dienone is 5. The summed E-state index contributed by atoms with van der Waals surface area (Å²) in [6.07, 6.45) is 15.1. The van der Waals surface area contributed by atoms with Crippen molar-refractivity contribution in [3.63, 3.8) is 0 Å². The predicted molar refractivity (Wildman–Crippen MR) is 110 cm³/mol. The van der Waals surface area contributed by atoms with E-state index < -0.39 is 24.0 Å². The molecule has 0 radical (unpaired) electrons. The molecule has 0 saturated heterocycles. The van der Waals surface area contributed by atoms with Crippen LogP contribution in [0.3, 0.4) is 0 Å². The smallest absolute Gasteiger partial charge is 0.310 e. The summed E-state index contributed by atoms with van der Waals surface area (Å²) < 4.78 is 5.75. The highest BCUT2D eigenvalue weighted by molar-refractivity contribution is 5.72. The maximum atomic E-state index is 11.9. The zero-order valence-corrected chi connectivity index (χ0v) is 17.8. The molecule has 1 N–H and O–H groups in total. The first kappa shape index (κ1) is 26.6. The van der Waals surface area contributed by atoms with Crippen LogP contribution in [0.2, 0.25) is 0 Å². The average molecular weight is 410 g/mol. The van der Waals surface area contributed by atoms with Crippen LogP contribution in [0.1, 0.15) is 51.4 Å². The first-order valence-corrected chi connectivity index (χ1v) is 9.98. The lowest BCUT2D eigenvalue weighted by Crippen LogP contribution is -2.45. The van der Waals surface area contributed by atoms with Gasteiger partial charge in [0.05, 0.1) is 27.6 Å². The van der Waals surface area contributed by atoms with Crippen LogP contribution < -0.4 is 5.11 Å². The summed E-state index contributed by atoms with van der Waals surface area (Å²) in [5.41, 5.74) is 0. The molecule has 164 valence electrons. The van der Waals surface area contributed by atoms with E-state index in [4.69, 9.17) is 9.84 Å². The van der Waals surface area contributed by atoms with E-state index in [2.05, 4.69) is 0 Å². The van der Waals surface area contributed by atoms with Crippen molar-refractivity contribution in [1.29, 1.82) is 0 Å². The van der Waals surface area contributed by atoms with E-state index >= 15 is 0 Å². The molecule has 7 heteroatoms. The van der Waals surface area contributed by atoms with Gasteiger partial charge in [-0.1, -0.05) is 36.5 Å². The number of hydrogen-bond acceptors (Lipinski definition) is 5. The molecule has 29 heavy (non-hydrogen) atoms. The number of hydrogen-bond donors (Lipinski definition) is 1. The molecule has 0 aliphatic carbocycles. The van der Waals surface area contributed by atoms with Gasteiger partial charge in [0.2, 0.25) is 0 Å².